The van der Waals surface area contributed by atoms with Crippen LogP contribution in [0.5, 0.6) is 5.75 Å². The number of methoxy groups -OCH3 is 1. The standard InChI is InChI=1S/C18H26N6O3.HI/c1-19-17(20-8-10-24-16(25)11-21-18(24)26)22-13-7-9-23(12-13)14-5-3-4-6-15(14)27-2;/h3-6,13H,7-12H2,1-2H3,(H,21,26)(H2,19,20,22);1H. The van der Waals surface area contributed by atoms with Gasteiger partial charge in [-0.05, 0) is 18.6 Å². The average Bonchev–Trinajstić information content (AvgIpc) is 3.28. The van der Waals surface area contributed by atoms with Gasteiger partial charge in [-0.2, -0.15) is 0 Å². The molecule has 3 rings (SSSR count). The lowest BCUT2D eigenvalue weighted by molar-refractivity contribution is -0.124. The Morgan fingerprint density at radius 1 is 1.36 bits per heavy atom. The monoisotopic (exact) mass is 502 g/mol. The Hall–Kier alpha value is -2.24. The smallest absolute Gasteiger partial charge is 0.324 e. The van der Waals surface area contributed by atoms with Gasteiger partial charge in [-0.15, -0.1) is 24.0 Å². The van der Waals surface area contributed by atoms with Crippen LogP contribution in [0.4, 0.5) is 10.5 Å². The molecule has 0 spiro atoms. The molecule has 2 fully saturated rings. The van der Waals surface area contributed by atoms with Gasteiger partial charge in [-0.25, -0.2) is 4.79 Å². The van der Waals surface area contributed by atoms with Crippen LogP contribution in [0.3, 0.4) is 0 Å². The SMILES string of the molecule is CN=C(NCCN1C(=O)CNC1=O)NC1CCN(c2ccccc2OC)C1.I. The van der Waals surface area contributed by atoms with Crippen LogP contribution in [0.25, 0.3) is 0 Å². The van der Waals surface area contributed by atoms with E-state index in [1.165, 1.54) is 4.90 Å². The van der Waals surface area contributed by atoms with Gasteiger partial charge in [0.1, 0.15) is 5.75 Å². The highest BCUT2D eigenvalue weighted by atomic mass is 127. The Morgan fingerprint density at radius 3 is 2.82 bits per heavy atom. The second kappa shape index (κ2) is 10.3. The van der Waals surface area contributed by atoms with Crippen LogP contribution in [0.15, 0.2) is 29.3 Å². The number of hydrogen-bond donors (Lipinski definition) is 3. The number of urea groups is 1. The second-order valence-corrected chi connectivity index (χ2v) is 6.45. The van der Waals surface area contributed by atoms with E-state index in [0.29, 0.717) is 19.0 Å². The summed E-state index contributed by atoms with van der Waals surface area (Å²) in [5, 5.41) is 9.07. The largest absolute Gasteiger partial charge is 0.495 e. The molecule has 2 aliphatic rings. The van der Waals surface area contributed by atoms with Gasteiger partial charge in [-0.3, -0.25) is 14.7 Å². The summed E-state index contributed by atoms with van der Waals surface area (Å²) in [4.78, 5) is 30.9. The molecule has 154 valence electrons. The van der Waals surface area contributed by atoms with E-state index < -0.39 is 0 Å². The van der Waals surface area contributed by atoms with Crippen molar-refractivity contribution in [2.24, 2.45) is 4.99 Å². The topological polar surface area (TPSA) is 98.3 Å². The fourth-order valence-electron chi connectivity index (χ4n) is 3.34. The number of hydrogen-bond acceptors (Lipinski definition) is 5. The summed E-state index contributed by atoms with van der Waals surface area (Å²) in [5.41, 5.74) is 1.09. The van der Waals surface area contributed by atoms with Gasteiger partial charge in [0.25, 0.3) is 0 Å². The molecule has 0 aromatic heterocycles. The van der Waals surface area contributed by atoms with Gasteiger partial charge in [0.05, 0.1) is 19.3 Å². The molecular formula is C18H27IN6O3. The van der Waals surface area contributed by atoms with Crippen LogP contribution in [-0.4, -0.2) is 75.7 Å². The summed E-state index contributed by atoms with van der Waals surface area (Å²) in [6, 6.07) is 7.91. The number of imide groups is 1. The molecule has 2 heterocycles. The van der Waals surface area contributed by atoms with Crippen molar-refractivity contribution < 1.29 is 14.3 Å². The van der Waals surface area contributed by atoms with E-state index in [1.54, 1.807) is 14.2 Å². The number of para-hydroxylation sites is 2. The molecule has 1 unspecified atom stereocenters. The number of amides is 3. The molecule has 10 heteroatoms. The van der Waals surface area contributed by atoms with Crippen LogP contribution in [-0.2, 0) is 4.79 Å². The van der Waals surface area contributed by atoms with Crippen molar-refractivity contribution in [1.82, 2.24) is 20.9 Å². The summed E-state index contributed by atoms with van der Waals surface area (Å²) in [6.07, 6.45) is 0.978. The van der Waals surface area contributed by atoms with Gasteiger partial charge < -0.3 is 25.6 Å². The van der Waals surface area contributed by atoms with Crippen molar-refractivity contribution in [3.05, 3.63) is 24.3 Å². The zero-order chi connectivity index (χ0) is 19.2. The van der Waals surface area contributed by atoms with Crippen molar-refractivity contribution in [2.45, 2.75) is 12.5 Å². The Bertz CT molecular complexity index is 713. The molecule has 28 heavy (non-hydrogen) atoms. The van der Waals surface area contributed by atoms with E-state index >= 15 is 0 Å². The third-order valence-corrected chi connectivity index (χ3v) is 4.74. The minimum absolute atomic E-state index is 0. The molecule has 0 aliphatic carbocycles. The van der Waals surface area contributed by atoms with Crippen molar-refractivity contribution in [3.8, 4) is 5.75 Å². The molecule has 3 N–H and O–H groups in total. The maximum absolute atomic E-state index is 11.6. The Labute approximate surface area is 181 Å². The third-order valence-electron chi connectivity index (χ3n) is 4.74. The number of benzene rings is 1. The Kier molecular flexibility index (Phi) is 8.15. The first kappa shape index (κ1) is 22.1. The van der Waals surface area contributed by atoms with E-state index in [4.69, 9.17) is 4.74 Å². The van der Waals surface area contributed by atoms with Gasteiger partial charge >= 0.3 is 6.03 Å². The first-order valence-corrected chi connectivity index (χ1v) is 9.05. The quantitative estimate of drug-likeness (QED) is 0.228. The number of carbonyl (C=O) groups excluding carboxylic acids is 2. The van der Waals surface area contributed by atoms with Crippen molar-refractivity contribution in [2.75, 3.05) is 51.8 Å². The summed E-state index contributed by atoms with van der Waals surface area (Å²) in [7, 11) is 3.39. The molecule has 0 bridgehead atoms. The summed E-state index contributed by atoms with van der Waals surface area (Å²) in [6.45, 7) is 2.60. The Morgan fingerprint density at radius 2 is 2.14 bits per heavy atom. The van der Waals surface area contributed by atoms with Crippen molar-refractivity contribution in [1.29, 1.82) is 0 Å². The van der Waals surface area contributed by atoms with E-state index in [-0.39, 0.29) is 48.5 Å². The van der Waals surface area contributed by atoms with Crippen LogP contribution in [0.1, 0.15) is 6.42 Å². The Balaban J connectivity index is 0.00000280. The lowest BCUT2D eigenvalue weighted by atomic mass is 10.2. The van der Waals surface area contributed by atoms with Gasteiger partial charge in [0, 0.05) is 39.3 Å². The predicted molar refractivity (Wildman–Crippen MR) is 119 cm³/mol. The first-order chi connectivity index (χ1) is 13.1. The maximum atomic E-state index is 11.6. The maximum Gasteiger partial charge on any atom is 0.324 e. The number of rotatable bonds is 6. The highest BCUT2D eigenvalue weighted by Gasteiger charge is 2.28. The molecule has 0 radical (unpaired) electrons. The number of nitrogens with one attached hydrogen (secondary N) is 3. The highest BCUT2D eigenvalue weighted by Crippen LogP contribution is 2.30. The minimum atomic E-state index is -0.340. The van der Waals surface area contributed by atoms with Crippen LogP contribution in [0.2, 0.25) is 0 Å². The molecule has 0 saturated carbocycles. The summed E-state index contributed by atoms with van der Waals surface area (Å²) >= 11 is 0. The van der Waals surface area contributed by atoms with Crippen LogP contribution >= 0.6 is 24.0 Å². The number of anilines is 1. The molecule has 2 saturated heterocycles. The summed E-state index contributed by atoms with van der Waals surface area (Å²) in [5.74, 6) is 1.33. The zero-order valence-electron chi connectivity index (χ0n) is 16.1. The fraction of sp³-hybridized carbons (Fsp3) is 0.500. The second-order valence-electron chi connectivity index (χ2n) is 6.45. The number of ether oxygens (including phenoxy) is 1. The highest BCUT2D eigenvalue weighted by molar-refractivity contribution is 14.0. The number of halogens is 1. The zero-order valence-corrected chi connectivity index (χ0v) is 18.4. The van der Waals surface area contributed by atoms with Crippen molar-refractivity contribution >= 4 is 47.6 Å². The van der Waals surface area contributed by atoms with Gasteiger partial charge in [0.2, 0.25) is 5.91 Å². The molecule has 9 nitrogen and oxygen atoms in total. The number of nitrogens with zero attached hydrogens (tertiary/aromatic N) is 3. The molecular weight excluding hydrogens is 475 g/mol. The van der Waals surface area contributed by atoms with Crippen molar-refractivity contribution in [3.63, 3.8) is 0 Å². The normalized spacial score (nSPS) is 19.4. The third kappa shape index (κ3) is 5.18. The van der Waals surface area contributed by atoms with Gasteiger partial charge in [-0.1, -0.05) is 12.1 Å². The van der Waals surface area contributed by atoms with E-state index in [9.17, 15) is 9.59 Å². The number of carbonyl (C=O) groups is 2. The lowest BCUT2D eigenvalue weighted by Gasteiger charge is -2.22. The molecule has 3 amide bonds. The molecule has 1 atom stereocenters. The number of guanidine groups is 1. The first-order valence-electron chi connectivity index (χ1n) is 9.05. The van der Waals surface area contributed by atoms with E-state index in [0.717, 1.165) is 30.9 Å². The van der Waals surface area contributed by atoms with Gasteiger partial charge in [0.15, 0.2) is 5.96 Å². The molecule has 1 aromatic rings. The molecule has 2 aliphatic heterocycles. The number of aliphatic imine (C=N–C) groups is 1. The molecule has 1 aromatic carbocycles. The van der Waals surface area contributed by atoms with Crippen LogP contribution < -0.4 is 25.6 Å². The predicted octanol–water partition coefficient (Wildman–Crippen LogP) is 0.609. The van der Waals surface area contributed by atoms with E-state index in [1.807, 2.05) is 18.2 Å². The average molecular weight is 502 g/mol. The van der Waals surface area contributed by atoms with E-state index in [2.05, 4.69) is 31.9 Å². The minimum Gasteiger partial charge on any atom is -0.495 e. The lowest BCUT2D eigenvalue weighted by Crippen LogP contribution is -2.47. The van der Waals surface area contributed by atoms with Crippen LogP contribution in [0, 0.1) is 0 Å². The fourth-order valence-corrected chi connectivity index (χ4v) is 3.34. The summed E-state index contributed by atoms with van der Waals surface area (Å²) < 4.78 is 5.45.